The summed E-state index contributed by atoms with van der Waals surface area (Å²) in [6, 6.07) is -0.540. The third-order valence-electron chi connectivity index (χ3n) is 2.91. The van der Waals surface area contributed by atoms with Crippen LogP contribution in [-0.2, 0) is 9.53 Å². The van der Waals surface area contributed by atoms with Crippen LogP contribution in [-0.4, -0.2) is 42.9 Å². The zero-order valence-corrected chi connectivity index (χ0v) is 10.7. The molecule has 2 amide bonds. The Hall–Kier alpha value is -1.56. The quantitative estimate of drug-likeness (QED) is 0.612. The van der Waals surface area contributed by atoms with Gasteiger partial charge >= 0.3 is 12.0 Å². The average molecular weight is 256 g/mol. The molecule has 3 N–H and O–H groups in total. The molecule has 0 heterocycles. The van der Waals surface area contributed by atoms with E-state index in [0.29, 0.717) is 13.0 Å². The zero-order valence-electron chi connectivity index (χ0n) is 10.7. The Kier molecular flexibility index (Phi) is 5.64. The van der Waals surface area contributed by atoms with E-state index in [-0.39, 0.29) is 18.1 Å². The number of carboxylic acid groups (broad SMARTS) is 1. The van der Waals surface area contributed by atoms with Gasteiger partial charge < -0.3 is 20.5 Å². The molecule has 3 unspecified atom stereocenters. The van der Waals surface area contributed by atoms with Crippen molar-refractivity contribution in [2.45, 2.75) is 31.8 Å². The molecular formula is C12H20N2O4. The third kappa shape index (κ3) is 4.37. The van der Waals surface area contributed by atoms with Crippen molar-refractivity contribution in [3.63, 3.8) is 0 Å². The molecule has 0 aromatic heterocycles. The van der Waals surface area contributed by atoms with Crippen molar-refractivity contribution in [2.24, 2.45) is 5.92 Å². The van der Waals surface area contributed by atoms with Crippen molar-refractivity contribution in [3.05, 3.63) is 12.2 Å². The Morgan fingerprint density at radius 3 is 2.72 bits per heavy atom. The topological polar surface area (TPSA) is 87.7 Å². The molecule has 1 aliphatic rings. The van der Waals surface area contributed by atoms with Crippen molar-refractivity contribution in [3.8, 4) is 0 Å². The van der Waals surface area contributed by atoms with Crippen LogP contribution in [0.15, 0.2) is 12.2 Å². The van der Waals surface area contributed by atoms with Gasteiger partial charge in [0.1, 0.15) is 0 Å². The predicted octanol–water partition coefficient (Wildman–Crippen LogP) is 0.740. The maximum Gasteiger partial charge on any atom is 0.315 e. The Balaban J connectivity index is 2.33. The molecule has 0 spiro atoms. The van der Waals surface area contributed by atoms with E-state index in [1.165, 1.54) is 0 Å². The molecular weight excluding hydrogens is 236 g/mol. The zero-order chi connectivity index (χ0) is 13.5. The fourth-order valence-electron chi connectivity index (χ4n) is 1.85. The third-order valence-corrected chi connectivity index (χ3v) is 2.91. The van der Waals surface area contributed by atoms with E-state index < -0.39 is 11.9 Å². The standard InChI is InChI=1S/C12H20N2O4/c1-3-9(7-18-2)13-12(17)14-10-5-4-8(6-10)11(15)16/h4-5,8-10H,3,6-7H2,1-2H3,(H,15,16)(H2,13,14,17). The van der Waals surface area contributed by atoms with Gasteiger partial charge in [-0.3, -0.25) is 4.79 Å². The smallest absolute Gasteiger partial charge is 0.315 e. The van der Waals surface area contributed by atoms with Crippen LogP contribution in [0.2, 0.25) is 0 Å². The minimum Gasteiger partial charge on any atom is -0.481 e. The number of amides is 2. The Bertz CT molecular complexity index is 330. The first kappa shape index (κ1) is 14.5. The van der Waals surface area contributed by atoms with Crippen LogP contribution in [0.4, 0.5) is 4.79 Å². The summed E-state index contributed by atoms with van der Waals surface area (Å²) in [5, 5.41) is 14.3. The summed E-state index contributed by atoms with van der Waals surface area (Å²) in [4.78, 5) is 22.4. The minimum absolute atomic E-state index is 0.0318. The second kappa shape index (κ2) is 7.00. The first-order valence-electron chi connectivity index (χ1n) is 6.03. The van der Waals surface area contributed by atoms with Gasteiger partial charge in [0, 0.05) is 7.11 Å². The first-order chi connectivity index (χ1) is 8.56. The van der Waals surface area contributed by atoms with E-state index >= 15 is 0 Å². The van der Waals surface area contributed by atoms with Crippen molar-refractivity contribution >= 4 is 12.0 Å². The lowest BCUT2D eigenvalue weighted by molar-refractivity contribution is -0.140. The Morgan fingerprint density at radius 2 is 2.22 bits per heavy atom. The van der Waals surface area contributed by atoms with Gasteiger partial charge in [-0.2, -0.15) is 0 Å². The lowest BCUT2D eigenvalue weighted by Gasteiger charge is -2.18. The fraction of sp³-hybridized carbons (Fsp3) is 0.667. The van der Waals surface area contributed by atoms with Gasteiger partial charge in [0.15, 0.2) is 0 Å². The summed E-state index contributed by atoms with van der Waals surface area (Å²) in [7, 11) is 1.58. The number of aliphatic carboxylic acids is 1. The van der Waals surface area contributed by atoms with Gasteiger partial charge in [0.2, 0.25) is 0 Å². The highest BCUT2D eigenvalue weighted by Gasteiger charge is 2.25. The molecule has 6 nitrogen and oxygen atoms in total. The summed E-state index contributed by atoms with van der Waals surface area (Å²) in [6.07, 6.45) is 4.51. The maximum absolute atomic E-state index is 11.7. The predicted molar refractivity (Wildman–Crippen MR) is 66.3 cm³/mol. The van der Waals surface area contributed by atoms with Gasteiger partial charge in [-0.1, -0.05) is 19.1 Å². The number of rotatable bonds is 6. The molecule has 0 bridgehead atoms. The van der Waals surface area contributed by atoms with Crippen molar-refractivity contribution in [1.29, 1.82) is 0 Å². The summed E-state index contributed by atoms with van der Waals surface area (Å²) in [6.45, 7) is 2.42. The van der Waals surface area contributed by atoms with Crippen LogP contribution >= 0.6 is 0 Å². The largest absolute Gasteiger partial charge is 0.481 e. The van der Waals surface area contributed by atoms with E-state index in [9.17, 15) is 9.59 Å². The summed E-state index contributed by atoms with van der Waals surface area (Å²) in [5.41, 5.74) is 0. The highest BCUT2D eigenvalue weighted by atomic mass is 16.5. The first-order valence-corrected chi connectivity index (χ1v) is 6.03. The molecule has 1 rings (SSSR count). The molecule has 0 aromatic rings. The second-order valence-electron chi connectivity index (χ2n) is 4.35. The minimum atomic E-state index is -0.859. The van der Waals surface area contributed by atoms with Gasteiger partial charge in [-0.05, 0) is 12.8 Å². The Labute approximate surface area is 106 Å². The summed E-state index contributed by atoms with van der Waals surface area (Å²) >= 11 is 0. The molecule has 102 valence electrons. The SMILES string of the molecule is CCC(COC)NC(=O)NC1C=CC(C(=O)O)C1. The normalized spacial score (nSPS) is 23.7. The second-order valence-corrected chi connectivity index (χ2v) is 4.35. The number of methoxy groups -OCH3 is 1. The molecule has 0 saturated heterocycles. The summed E-state index contributed by atoms with van der Waals surface area (Å²) < 4.78 is 4.98. The van der Waals surface area contributed by atoms with Crippen LogP contribution in [0.3, 0.4) is 0 Å². The molecule has 0 aromatic carbocycles. The number of hydrogen-bond donors (Lipinski definition) is 3. The van der Waals surface area contributed by atoms with E-state index in [0.717, 1.165) is 6.42 Å². The molecule has 6 heteroatoms. The van der Waals surface area contributed by atoms with Crippen LogP contribution in [0.25, 0.3) is 0 Å². The molecule has 18 heavy (non-hydrogen) atoms. The highest BCUT2D eigenvalue weighted by Crippen LogP contribution is 2.17. The van der Waals surface area contributed by atoms with Gasteiger partial charge in [0.05, 0.1) is 24.6 Å². The van der Waals surface area contributed by atoms with Crippen LogP contribution in [0, 0.1) is 5.92 Å². The van der Waals surface area contributed by atoms with E-state index in [1.54, 1.807) is 19.3 Å². The number of carbonyl (C=O) groups excluding carboxylic acids is 1. The molecule has 0 aliphatic heterocycles. The van der Waals surface area contributed by atoms with Gasteiger partial charge in [-0.15, -0.1) is 0 Å². The molecule has 0 radical (unpaired) electrons. The van der Waals surface area contributed by atoms with E-state index in [2.05, 4.69) is 10.6 Å². The van der Waals surface area contributed by atoms with Crippen molar-refractivity contribution < 1.29 is 19.4 Å². The van der Waals surface area contributed by atoms with Crippen LogP contribution < -0.4 is 10.6 Å². The van der Waals surface area contributed by atoms with E-state index in [1.807, 2.05) is 6.92 Å². The van der Waals surface area contributed by atoms with Crippen molar-refractivity contribution in [1.82, 2.24) is 10.6 Å². The summed E-state index contributed by atoms with van der Waals surface area (Å²) in [5.74, 6) is -1.36. The number of hydrogen-bond acceptors (Lipinski definition) is 3. The van der Waals surface area contributed by atoms with Gasteiger partial charge in [0.25, 0.3) is 0 Å². The number of urea groups is 1. The highest BCUT2D eigenvalue weighted by molar-refractivity contribution is 5.76. The van der Waals surface area contributed by atoms with Crippen molar-refractivity contribution in [2.75, 3.05) is 13.7 Å². The fourth-order valence-corrected chi connectivity index (χ4v) is 1.85. The Morgan fingerprint density at radius 1 is 1.50 bits per heavy atom. The monoisotopic (exact) mass is 256 g/mol. The molecule has 0 saturated carbocycles. The van der Waals surface area contributed by atoms with Crippen LogP contribution in [0.5, 0.6) is 0 Å². The maximum atomic E-state index is 11.7. The lowest BCUT2D eigenvalue weighted by Crippen LogP contribution is -2.46. The molecule has 1 aliphatic carbocycles. The number of ether oxygens (including phenoxy) is 1. The molecule has 3 atom stereocenters. The number of nitrogens with one attached hydrogen (secondary N) is 2. The number of carboxylic acids is 1. The lowest BCUT2D eigenvalue weighted by atomic mass is 10.1. The average Bonchev–Trinajstić information content (AvgIpc) is 2.77. The van der Waals surface area contributed by atoms with Gasteiger partial charge in [-0.25, -0.2) is 4.79 Å². The number of carbonyl (C=O) groups is 2. The van der Waals surface area contributed by atoms with E-state index in [4.69, 9.17) is 9.84 Å². The molecule has 0 fully saturated rings. The van der Waals surface area contributed by atoms with Crippen LogP contribution in [0.1, 0.15) is 19.8 Å².